The molecule has 0 bridgehead atoms. The maximum absolute atomic E-state index is 6.19. The van der Waals surface area contributed by atoms with Crippen LogP contribution in [0.15, 0.2) is 42.5 Å². The van der Waals surface area contributed by atoms with E-state index in [9.17, 15) is 0 Å². The van der Waals surface area contributed by atoms with Crippen molar-refractivity contribution in [2.75, 3.05) is 19.1 Å². The van der Waals surface area contributed by atoms with E-state index in [0.717, 1.165) is 22.7 Å². The van der Waals surface area contributed by atoms with Gasteiger partial charge < -0.3 is 9.64 Å². The lowest BCUT2D eigenvalue weighted by atomic mass is 10.1. The molecule has 100 valence electrons. The van der Waals surface area contributed by atoms with Crippen molar-refractivity contribution < 1.29 is 4.74 Å². The van der Waals surface area contributed by atoms with Gasteiger partial charge >= 0.3 is 0 Å². The molecule has 0 atom stereocenters. The first-order chi connectivity index (χ1) is 9.19. The number of anilines is 2. The van der Waals surface area contributed by atoms with Gasteiger partial charge in [-0.3, -0.25) is 0 Å². The van der Waals surface area contributed by atoms with Crippen molar-refractivity contribution in [2.24, 2.45) is 0 Å². The van der Waals surface area contributed by atoms with E-state index in [-0.39, 0.29) is 0 Å². The average molecular weight is 296 g/mol. The second kappa shape index (κ2) is 6.18. The van der Waals surface area contributed by atoms with E-state index >= 15 is 0 Å². The van der Waals surface area contributed by atoms with Crippen LogP contribution >= 0.6 is 23.2 Å². The number of hydrogen-bond acceptors (Lipinski definition) is 2. The topological polar surface area (TPSA) is 12.5 Å². The fourth-order valence-corrected chi connectivity index (χ4v) is 2.62. The molecule has 0 aliphatic heterocycles. The Balaban J connectivity index is 2.50. The summed E-state index contributed by atoms with van der Waals surface area (Å²) < 4.78 is 5.38. The Morgan fingerprint density at radius 3 is 2.42 bits per heavy atom. The van der Waals surface area contributed by atoms with Gasteiger partial charge in [-0.1, -0.05) is 29.8 Å². The Morgan fingerprint density at radius 2 is 1.74 bits per heavy atom. The van der Waals surface area contributed by atoms with E-state index in [4.69, 9.17) is 27.9 Å². The van der Waals surface area contributed by atoms with Crippen LogP contribution < -0.4 is 9.64 Å². The molecule has 0 fully saturated rings. The molecular weight excluding hydrogens is 281 g/mol. The standard InChI is InChI=1S/C15H15Cl2NO/c1-18(14-7-3-4-9-15(14)19-2)13-8-5-6-12(17)11(13)10-16/h3-9H,10H2,1-2H3. The van der Waals surface area contributed by atoms with E-state index in [1.54, 1.807) is 7.11 Å². The summed E-state index contributed by atoms with van der Waals surface area (Å²) in [7, 11) is 3.63. The highest BCUT2D eigenvalue weighted by atomic mass is 35.5. The van der Waals surface area contributed by atoms with Gasteiger partial charge in [-0.15, -0.1) is 11.6 Å². The normalized spacial score (nSPS) is 10.3. The van der Waals surface area contributed by atoms with Crippen LogP contribution in [0.4, 0.5) is 11.4 Å². The molecule has 19 heavy (non-hydrogen) atoms. The van der Waals surface area contributed by atoms with Crippen LogP contribution in [-0.4, -0.2) is 14.2 Å². The Bertz CT molecular complexity index is 572. The Morgan fingerprint density at radius 1 is 1.05 bits per heavy atom. The van der Waals surface area contributed by atoms with Crippen molar-refractivity contribution in [1.29, 1.82) is 0 Å². The summed E-state index contributed by atoms with van der Waals surface area (Å²) in [5.74, 6) is 1.18. The number of benzene rings is 2. The lowest BCUT2D eigenvalue weighted by molar-refractivity contribution is 0.415. The molecule has 0 amide bonds. The largest absolute Gasteiger partial charge is 0.495 e. The monoisotopic (exact) mass is 295 g/mol. The first-order valence-electron chi connectivity index (χ1n) is 5.89. The number of rotatable bonds is 4. The van der Waals surface area contributed by atoms with Gasteiger partial charge in [-0.2, -0.15) is 0 Å². The number of hydrogen-bond donors (Lipinski definition) is 0. The molecule has 0 aliphatic rings. The third-order valence-electron chi connectivity index (χ3n) is 3.04. The molecule has 2 rings (SSSR count). The zero-order valence-electron chi connectivity index (χ0n) is 10.9. The van der Waals surface area contributed by atoms with Gasteiger partial charge in [0.1, 0.15) is 5.75 Å². The molecular formula is C15H15Cl2NO. The molecule has 0 aliphatic carbocycles. The molecule has 2 aromatic carbocycles. The Hall–Kier alpha value is -1.38. The van der Waals surface area contributed by atoms with Crippen LogP contribution in [0.2, 0.25) is 5.02 Å². The van der Waals surface area contributed by atoms with E-state index in [0.29, 0.717) is 10.9 Å². The van der Waals surface area contributed by atoms with Gasteiger partial charge in [0.05, 0.1) is 18.7 Å². The van der Waals surface area contributed by atoms with Crippen LogP contribution in [0.25, 0.3) is 0 Å². The Labute approximate surface area is 123 Å². The molecule has 2 nitrogen and oxygen atoms in total. The predicted octanol–water partition coefficient (Wildman–Crippen LogP) is 4.86. The maximum Gasteiger partial charge on any atom is 0.142 e. The van der Waals surface area contributed by atoms with E-state index in [1.807, 2.05) is 54.4 Å². The highest BCUT2D eigenvalue weighted by molar-refractivity contribution is 6.32. The van der Waals surface area contributed by atoms with Crippen molar-refractivity contribution in [2.45, 2.75) is 5.88 Å². The summed E-state index contributed by atoms with van der Waals surface area (Å²) >= 11 is 12.2. The summed E-state index contributed by atoms with van der Waals surface area (Å²) in [4.78, 5) is 2.03. The van der Waals surface area contributed by atoms with Crippen molar-refractivity contribution in [1.82, 2.24) is 0 Å². The van der Waals surface area contributed by atoms with Gasteiger partial charge in [-0.25, -0.2) is 0 Å². The average Bonchev–Trinajstić information content (AvgIpc) is 2.46. The highest BCUT2D eigenvalue weighted by Crippen LogP contribution is 2.36. The zero-order valence-corrected chi connectivity index (χ0v) is 12.4. The molecule has 0 spiro atoms. The molecule has 0 N–H and O–H groups in total. The van der Waals surface area contributed by atoms with Crippen molar-refractivity contribution in [3.05, 3.63) is 53.1 Å². The lowest BCUT2D eigenvalue weighted by Crippen LogP contribution is -2.12. The van der Waals surface area contributed by atoms with Crippen LogP contribution in [-0.2, 0) is 5.88 Å². The zero-order chi connectivity index (χ0) is 13.8. The number of para-hydroxylation sites is 2. The third kappa shape index (κ3) is 2.80. The number of methoxy groups -OCH3 is 1. The second-order valence-corrected chi connectivity index (χ2v) is 4.78. The summed E-state index contributed by atoms with van der Waals surface area (Å²) in [6.07, 6.45) is 0. The minimum absolute atomic E-state index is 0.370. The number of nitrogens with zero attached hydrogens (tertiary/aromatic N) is 1. The van der Waals surface area contributed by atoms with Gasteiger partial charge in [0.25, 0.3) is 0 Å². The fraction of sp³-hybridized carbons (Fsp3) is 0.200. The minimum atomic E-state index is 0.370. The molecule has 0 heterocycles. The molecule has 0 unspecified atom stereocenters. The van der Waals surface area contributed by atoms with Crippen LogP contribution in [0.5, 0.6) is 5.75 Å². The SMILES string of the molecule is COc1ccccc1N(C)c1cccc(Cl)c1CCl. The van der Waals surface area contributed by atoms with Gasteiger partial charge in [0.15, 0.2) is 0 Å². The lowest BCUT2D eigenvalue weighted by Gasteiger charge is -2.24. The summed E-state index contributed by atoms with van der Waals surface area (Å²) in [6, 6.07) is 13.6. The molecule has 0 aromatic heterocycles. The molecule has 2 aromatic rings. The first-order valence-corrected chi connectivity index (χ1v) is 6.80. The Kier molecular flexibility index (Phi) is 4.56. The van der Waals surface area contributed by atoms with Gasteiger partial charge in [-0.05, 0) is 24.3 Å². The van der Waals surface area contributed by atoms with Crippen molar-refractivity contribution in [3.8, 4) is 5.75 Å². The summed E-state index contributed by atoms with van der Waals surface area (Å²) in [6.45, 7) is 0. The number of ether oxygens (including phenoxy) is 1. The number of halogens is 2. The molecule has 0 saturated heterocycles. The predicted molar refractivity (Wildman–Crippen MR) is 82.1 cm³/mol. The van der Waals surface area contributed by atoms with Crippen LogP contribution in [0.1, 0.15) is 5.56 Å². The van der Waals surface area contributed by atoms with Crippen molar-refractivity contribution in [3.63, 3.8) is 0 Å². The smallest absolute Gasteiger partial charge is 0.142 e. The summed E-state index contributed by atoms with van der Waals surface area (Å²) in [5, 5.41) is 0.675. The maximum atomic E-state index is 6.19. The first kappa shape index (κ1) is 14.0. The quantitative estimate of drug-likeness (QED) is 0.747. The van der Waals surface area contributed by atoms with Crippen LogP contribution in [0.3, 0.4) is 0 Å². The van der Waals surface area contributed by atoms with Crippen molar-refractivity contribution >= 4 is 34.6 Å². The summed E-state index contributed by atoms with van der Waals surface area (Å²) in [5.41, 5.74) is 2.87. The van der Waals surface area contributed by atoms with E-state index in [1.165, 1.54) is 0 Å². The van der Waals surface area contributed by atoms with Gasteiger partial charge in [0.2, 0.25) is 0 Å². The van der Waals surface area contributed by atoms with Gasteiger partial charge in [0, 0.05) is 23.3 Å². The minimum Gasteiger partial charge on any atom is -0.495 e. The second-order valence-electron chi connectivity index (χ2n) is 4.10. The van der Waals surface area contributed by atoms with Crippen LogP contribution in [0, 0.1) is 0 Å². The highest BCUT2D eigenvalue weighted by Gasteiger charge is 2.14. The molecule has 0 saturated carbocycles. The third-order valence-corrected chi connectivity index (χ3v) is 3.66. The molecule has 4 heteroatoms. The fourth-order valence-electron chi connectivity index (χ4n) is 2.03. The number of alkyl halides is 1. The molecule has 0 radical (unpaired) electrons. The van der Waals surface area contributed by atoms with E-state index in [2.05, 4.69) is 0 Å². The van der Waals surface area contributed by atoms with E-state index < -0.39 is 0 Å².